The van der Waals surface area contributed by atoms with Gasteiger partial charge in [-0.3, -0.25) is 4.57 Å². The van der Waals surface area contributed by atoms with Gasteiger partial charge in [0.05, 0.1) is 6.61 Å². The molecule has 1 aromatic heterocycles. The second kappa shape index (κ2) is 9.30. The van der Waals surface area contributed by atoms with Crippen molar-refractivity contribution in [2.45, 2.75) is 45.3 Å². The van der Waals surface area contributed by atoms with Crippen molar-refractivity contribution in [1.29, 1.82) is 0 Å². The normalized spacial score (nSPS) is 20.8. The van der Waals surface area contributed by atoms with Crippen LogP contribution in [0.2, 0.25) is 0 Å². The number of anilines is 1. The zero-order valence-electron chi connectivity index (χ0n) is 14.2. The van der Waals surface area contributed by atoms with Gasteiger partial charge in [0.1, 0.15) is 17.5 Å². The van der Waals surface area contributed by atoms with E-state index >= 15 is 0 Å². The molecule has 0 aliphatic carbocycles. The highest BCUT2D eigenvalue weighted by atomic mass is 32.2. The van der Waals surface area contributed by atoms with Gasteiger partial charge >= 0.3 is 5.69 Å². The lowest BCUT2D eigenvalue weighted by atomic mass is 10.4. The summed E-state index contributed by atoms with van der Waals surface area (Å²) in [5.41, 5.74) is -0.265. The van der Waals surface area contributed by atoms with E-state index in [1.165, 1.54) is 0 Å². The summed E-state index contributed by atoms with van der Waals surface area (Å²) in [5.74, 6) is 1.47. The summed E-state index contributed by atoms with van der Waals surface area (Å²) in [4.78, 5) is 18.5. The largest absolute Gasteiger partial charge is 0.378 e. The molecule has 23 heavy (non-hydrogen) atoms. The first kappa shape index (κ1) is 18.3. The average molecular weight is 341 g/mol. The Labute approximate surface area is 142 Å². The van der Waals surface area contributed by atoms with E-state index in [9.17, 15) is 4.79 Å². The van der Waals surface area contributed by atoms with E-state index in [4.69, 9.17) is 9.47 Å². The highest BCUT2D eigenvalue weighted by Gasteiger charge is 2.28. The number of hydrogen-bond donors (Lipinski definition) is 0. The molecule has 0 saturated carbocycles. The minimum absolute atomic E-state index is 0.00813. The minimum atomic E-state index is -0.259. The van der Waals surface area contributed by atoms with Gasteiger partial charge in [-0.15, -0.1) is 11.8 Å². The zero-order chi connectivity index (χ0) is 16.7. The van der Waals surface area contributed by atoms with Crippen LogP contribution in [0.4, 0.5) is 5.82 Å². The van der Waals surface area contributed by atoms with Gasteiger partial charge in [0.2, 0.25) is 0 Å². The number of aromatic nitrogens is 2. The van der Waals surface area contributed by atoms with Crippen molar-refractivity contribution in [2.24, 2.45) is 0 Å². The number of rotatable bonds is 9. The summed E-state index contributed by atoms with van der Waals surface area (Å²) in [6.45, 7) is 9.25. The summed E-state index contributed by atoms with van der Waals surface area (Å²) < 4.78 is 13.1. The predicted molar refractivity (Wildman–Crippen MR) is 94.2 cm³/mol. The lowest BCUT2D eigenvalue weighted by Gasteiger charge is -2.20. The van der Waals surface area contributed by atoms with Crippen LogP contribution in [0, 0.1) is 0 Å². The van der Waals surface area contributed by atoms with E-state index in [0.29, 0.717) is 6.61 Å². The maximum atomic E-state index is 12.3. The summed E-state index contributed by atoms with van der Waals surface area (Å²) in [6, 6.07) is 1.88. The average Bonchev–Trinajstić information content (AvgIpc) is 3.01. The highest BCUT2D eigenvalue weighted by molar-refractivity contribution is 8.00. The molecule has 1 aliphatic rings. The number of nitrogens with zero attached hydrogens (tertiary/aromatic N) is 3. The topological polar surface area (TPSA) is 56.6 Å². The molecule has 1 fully saturated rings. The lowest BCUT2D eigenvalue weighted by molar-refractivity contribution is -0.0250. The Balaban J connectivity index is 1.94. The molecule has 0 bridgehead atoms. The lowest BCUT2D eigenvalue weighted by Crippen LogP contribution is -2.32. The van der Waals surface area contributed by atoms with Crippen LogP contribution in [0.25, 0.3) is 0 Å². The van der Waals surface area contributed by atoms with Crippen molar-refractivity contribution in [3.05, 3.63) is 22.7 Å². The van der Waals surface area contributed by atoms with Crippen molar-refractivity contribution in [3.8, 4) is 0 Å². The summed E-state index contributed by atoms with van der Waals surface area (Å²) in [6.07, 6.45) is 3.72. The third-order valence-electron chi connectivity index (χ3n) is 3.84. The fourth-order valence-corrected chi connectivity index (χ4v) is 3.47. The maximum absolute atomic E-state index is 12.3. The van der Waals surface area contributed by atoms with Gasteiger partial charge in [0, 0.05) is 31.6 Å². The van der Waals surface area contributed by atoms with Gasteiger partial charge in [-0.25, -0.2) is 4.79 Å². The van der Waals surface area contributed by atoms with Crippen molar-refractivity contribution >= 4 is 17.6 Å². The highest BCUT2D eigenvalue weighted by Crippen LogP contribution is 2.31. The molecule has 130 valence electrons. The Hall–Kier alpha value is -1.05. The monoisotopic (exact) mass is 341 g/mol. The van der Waals surface area contributed by atoms with Crippen molar-refractivity contribution in [1.82, 2.24) is 9.55 Å². The fourth-order valence-electron chi connectivity index (χ4n) is 2.45. The number of unbranched alkanes of at least 4 members (excludes halogenated alkanes) is 1. The molecule has 0 aromatic carbocycles. The minimum Gasteiger partial charge on any atom is -0.378 e. The van der Waals surface area contributed by atoms with Gasteiger partial charge in [0.25, 0.3) is 0 Å². The Morgan fingerprint density at radius 2 is 2.22 bits per heavy atom. The van der Waals surface area contributed by atoms with Crippen molar-refractivity contribution in [2.75, 3.05) is 37.0 Å². The Kier molecular flexibility index (Phi) is 7.39. The zero-order valence-corrected chi connectivity index (χ0v) is 15.1. The molecular formula is C16H27N3O3S. The molecule has 7 heteroatoms. The SMILES string of the molecule is CCCCOC[C@@H]1O[C@H](n2ccc(N(CC)CC)nc2=O)CS1. The number of hydrogen-bond acceptors (Lipinski definition) is 6. The molecule has 0 N–H and O–H groups in total. The molecule has 6 nitrogen and oxygen atoms in total. The Bertz CT molecular complexity index is 534. The third-order valence-corrected chi connectivity index (χ3v) is 4.94. The smallest absolute Gasteiger partial charge is 0.351 e. The standard InChI is InChI=1S/C16H27N3O3S/c1-4-7-10-21-11-15-22-14(12-23-15)19-9-8-13(17-16(19)20)18(5-2)6-3/h8-9,14-15H,4-7,10-12H2,1-3H3/t14-,15+/m0/s1. The third kappa shape index (κ3) is 4.96. The van der Waals surface area contributed by atoms with Crippen LogP contribution >= 0.6 is 11.8 Å². The van der Waals surface area contributed by atoms with E-state index < -0.39 is 0 Å². The molecule has 2 rings (SSSR count). The van der Waals surface area contributed by atoms with Crippen molar-refractivity contribution in [3.63, 3.8) is 0 Å². The summed E-state index contributed by atoms with van der Waals surface area (Å²) in [7, 11) is 0. The fraction of sp³-hybridized carbons (Fsp3) is 0.750. The van der Waals surface area contributed by atoms with E-state index in [0.717, 1.165) is 44.1 Å². The predicted octanol–water partition coefficient (Wildman–Crippen LogP) is 2.49. The van der Waals surface area contributed by atoms with E-state index in [1.807, 2.05) is 6.07 Å². The first-order chi connectivity index (χ1) is 11.2. The van der Waals surface area contributed by atoms with Crippen molar-refractivity contribution < 1.29 is 9.47 Å². The van der Waals surface area contributed by atoms with Crippen LogP contribution in [-0.4, -0.2) is 47.0 Å². The molecule has 1 aliphatic heterocycles. The van der Waals surface area contributed by atoms with Crippen LogP contribution in [0.5, 0.6) is 0 Å². The maximum Gasteiger partial charge on any atom is 0.351 e. The molecule has 2 heterocycles. The van der Waals surface area contributed by atoms with Crippen LogP contribution in [0.3, 0.4) is 0 Å². The molecular weight excluding hydrogens is 314 g/mol. The Morgan fingerprint density at radius 3 is 2.87 bits per heavy atom. The Morgan fingerprint density at radius 1 is 1.43 bits per heavy atom. The second-order valence-corrected chi connectivity index (χ2v) is 6.62. The van der Waals surface area contributed by atoms with E-state index in [2.05, 4.69) is 30.7 Å². The van der Waals surface area contributed by atoms with Crippen LogP contribution in [0.15, 0.2) is 17.1 Å². The molecule has 0 unspecified atom stereocenters. The molecule has 0 radical (unpaired) electrons. The van der Waals surface area contributed by atoms with Crippen LogP contribution < -0.4 is 10.6 Å². The van der Waals surface area contributed by atoms with Gasteiger partial charge in [-0.2, -0.15) is 4.98 Å². The first-order valence-corrected chi connectivity index (χ1v) is 9.43. The van der Waals surface area contributed by atoms with Gasteiger partial charge in [-0.05, 0) is 26.3 Å². The van der Waals surface area contributed by atoms with Crippen LogP contribution in [-0.2, 0) is 9.47 Å². The number of ether oxygens (including phenoxy) is 2. The molecule has 0 amide bonds. The van der Waals surface area contributed by atoms with Gasteiger partial charge in [-0.1, -0.05) is 13.3 Å². The summed E-state index contributed by atoms with van der Waals surface area (Å²) in [5, 5.41) is 0. The van der Waals surface area contributed by atoms with Gasteiger partial charge < -0.3 is 14.4 Å². The number of thioether (sulfide) groups is 1. The first-order valence-electron chi connectivity index (χ1n) is 8.38. The molecule has 1 saturated heterocycles. The quantitative estimate of drug-likeness (QED) is 0.643. The van der Waals surface area contributed by atoms with E-state index in [-0.39, 0.29) is 17.4 Å². The van der Waals surface area contributed by atoms with Gasteiger partial charge in [0.15, 0.2) is 0 Å². The van der Waals surface area contributed by atoms with Crippen LogP contribution in [0.1, 0.15) is 39.8 Å². The summed E-state index contributed by atoms with van der Waals surface area (Å²) >= 11 is 1.69. The molecule has 0 spiro atoms. The molecule has 2 atom stereocenters. The van der Waals surface area contributed by atoms with E-state index in [1.54, 1.807) is 22.5 Å². The second-order valence-electron chi connectivity index (χ2n) is 5.43. The molecule has 1 aromatic rings.